The van der Waals surface area contributed by atoms with E-state index in [2.05, 4.69) is 23.3 Å². The molecule has 0 radical (unpaired) electrons. The fraction of sp³-hybridized carbons (Fsp3) is 0.706. The topological polar surface area (TPSA) is 40.5 Å². The first-order valence-electron chi connectivity index (χ1n) is 8.17. The molecular weight excluding hydrogens is 282 g/mol. The number of thiophene rings is 1. The van der Waals surface area contributed by atoms with Crippen molar-refractivity contribution in [2.75, 3.05) is 13.1 Å². The lowest BCUT2D eigenvalue weighted by Crippen LogP contribution is -2.41. The number of carbonyl (C=O) groups is 1. The molecule has 2 aliphatic rings. The standard InChI is InChI=1S/C17H25NO2S/c1-12(10-17(19)20)13-4-3-8-18(11-13)15-5-2-6-16-14(15)7-9-21-16/h7,9,12-13,15H,2-6,8,10-11H2,1H3,(H,19,20). The first-order valence-corrected chi connectivity index (χ1v) is 9.05. The SMILES string of the molecule is CC(CC(=O)O)C1CCCN(C2CCCc3sccc32)C1. The number of nitrogens with zero attached hydrogens (tertiary/aromatic N) is 1. The van der Waals surface area contributed by atoms with Crippen molar-refractivity contribution >= 4 is 17.3 Å². The van der Waals surface area contributed by atoms with Crippen molar-refractivity contribution in [3.63, 3.8) is 0 Å². The molecule has 1 saturated heterocycles. The number of hydrogen-bond donors (Lipinski definition) is 1. The van der Waals surface area contributed by atoms with Crippen LogP contribution in [0.4, 0.5) is 0 Å². The Hall–Kier alpha value is -0.870. The van der Waals surface area contributed by atoms with Crippen molar-refractivity contribution in [3.05, 3.63) is 21.9 Å². The smallest absolute Gasteiger partial charge is 0.303 e. The van der Waals surface area contributed by atoms with Gasteiger partial charge in [0.2, 0.25) is 0 Å². The molecule has 1 aromatic heterocycles. The summed E-state index contributed by atoms with van der Waals surface area (Å²) in [5.41, 5.74) is 1.55. The summed E-state index contributed by atoms with van der Waals surface area (Å²) in [5.74, 6) is 0.173. The highest BCUT2D eigenvalue weighted by Crippen LogP contribution is 2.39. The molecule has 1 N–H and O–H groups in total. The highest BCUT2D eigenvalue weighted by Gasteiger charge is 2.32. The first kappa shape index (κ1) is 15.0. The van der Waals surface area contributed by atoms with E-state index in [-0.39, 0.29) is 5.92 Å². The zero-order chi connectivity index (χ0) is 14.8. The molecule has 3 nitrogen and oxygen atoms in total. The van der Waals surface area contributed by atoms with Gasteiger partial charge in [0.25, 0.3) is 0 Å². The van der Waals surface area contributed by atoms with Crippen molar-refractivity contribution in [1.82, 2.24) is 4.90 Å². The first-order chi connectivity index (χ1) is 10.1. The third-order valence-electron chi connectivity index (χ3n) is 5.25. The van der Waals surface area contributed by atoms with Gasteiger partial charge in [-0.05, 0) is 67.5 Å². The molecule has 0 bridgehead atoms. The highest BCUT2D eigenvalue weighted by molar-refractivity contribution is 7.10. The van der Waals surface area contributed by atoms with Crippen molar-refractivity contribution in [3.8, 4) is 0 Å². The average Bonchev–Trinajstić information content (AvgIpc) is 2.95. The van der Waals surface area contributed by atoms with Crippen LogP contribution < -0.4 is 0 Å². The summed E-state index contributed by atoms with van der Waals surface area (Å²) in [5, 5.41) is 11.3. The summed E-state index contributed by atoms with van der Waals surface area (Å²) in [6.45, 7) is 4.36. The lowest BCUT2D eigenvalue weighted by molar-refractivity contribution is -0.138. The average molecular weight is 307 g/mol. The van der Waals surface area contributed by atoms with Crippen LogP contribution in [0.15, 0.2) is 11.4 Å². The summed E-state index contributed by atoms with van der Waals surface area (Å²) >= 11 is 1.90. The minimum atomic E-state index is -0.655. The highest BCUT2D eigenvalue weighted by atomic mass is 32.1. The molecule has 1 aliphatic carbocycles. The van der Waals surface area contributed by atoms with Crippen LogP contribution in [-0.2, 0) is 11.2 Å². The van der Waals surface area contributed by atoms with Crippen LogP contribution in [0.5, 0.6) is 0 Å². The molecule has 21 heavy (non-hydrogen) atoms. The van der Waals surface area contributed by atoms with Gasteiger partial charge in [0.05, 0.1) is 0 Å². The molecule has 0 spiro atoms. The molecule has 1 aliphatic heterocycles. The molecule has 0 aromatic carbocycles. The van der Waals surface area contributed by atoms with E-state index in [9.17, 15) is 4.79 Å². The Bertz CT molecular complexity index is 499. The van der Waals surface area contributed by atoms with Crippen LogP contribution in [0.25, 0.3) is 0 Å². The zero-order valence-electron chi connectivity index (χ0n) is 12.8. The van der Waals surface area contributed by atoms with Gasteiger partial charge >= 0.3 is 5.97 Å². The monoisotopic (exact) mass is 307 g/mol. The molecule has 116 valence electrons. The fourth-order valence-electron chi connectivity index (χ4n) is 4.07. The predicted octanol–water partition coefficient (Wildman–Crippen LogP) is 3.95. The van der Waals surface area contributed by atoms with Crippen LogP contribution in [0, 0.1) is 11.8 Å². The van der Waals surface area contributed by atoms with Crippen molar-refractivity contribution in [2.45, 2.75) is 51.5 Å². The molecule has 2 heterocycles. The number of piperidine rings is 1. The van der Waals surface area contributed by atoms with Crippen molar-refractivity contribution < 1.29 is 9.90 Å². The van der Waals surface area contributed by atoms with Gasteiger partial charge in [-0.15, -0.1) is 11.3 Å². The van der Waals surface area contributed by atoms with Crippen molar-refractivity contribution in [1.29, 1.82) is 0 Å². The minimum absolute atomic E-state index is 0.288. The lowest BCUT2D eigenvalue weighted by Gasteiger charge is -2.41. The van der Waals surface area contributed by atoms with E-state index in [1.54, 1.807) is 10.4 Å². The number of aryl methyl sites for hydroxylation is 1. The molecule has 1 fully saturated rings. The van der Waals surface area contributed by atoms with Gasteiger partial charge in [0.1, 0.15) is 0 Å². The van der Waals surface area contributed by atoms with Gasteiger partial charge in [0.15, 0.2) is 0 Å². The molecule has 0 saturated carbocycles. The van der Waals surface area contributed by atoms with Gasteiger partial charge in [-0.3, -0.25) is 9.69 Å². The summed E-state index contributed by atoms with van der Waals surface area (Å²) in [6, 6.07) is 2.90. The Morgan fingerprint density at radius 2 is 2.33 bits per heavy atom. The largest absolute Gasteiger partial charge is 0.481 e. The maximum absolute atomic E-state index is 11.0. The normalized spacial score (nSPS) is 28.0. The third-order valence-corrected chi connectivity index (χ3v) is 6.25. The number of carboxylic acids is 1. The van der Waals surface area contributed by atoms with Crippen LogP contribution >= 0.6 is 11.3 Å². The van der Waals surface area contributed by atoms with E-state index in [4.69, 9.17) is 5.11 Å². The fourth-order valence-corrected chi connectivity index (χ4v) is 5.05. The molecule has 0 amide bonds. The quantitative estimate of drug-likeness (QED) is 0.915. The van der Waals surface area contributed by atoms with E-state index >= 15 is 0 Å². The summed E-state index contributed by atoms with van der Waals surface area (Å²) in [7, 11) is 0. The second-order valence-electron chi connectivity index (χ2n) is 6.68. The van der Waals surface area contributed by atoms with Crippen molar-refractivity contribution in [2.24, 2.45) is 11.8 Å². The van der Waals surface area contributed by atoms with E-state index in [1.807, 2.05) is 11.3 Å². The van der Waals surface area contributed by atoms with Gasteiger partial charge in [-0.2, -0.15) is 0 Å². The molecule has 4 heteroatoms. The van der Waals surface area contributed by atoms with Crippen LogP contribution in [-0.4, -0.2) is 29.1 Å². The number of fused-ring (bicyclic) bond motifs is 1. The minimum Gasteiger partial charge on any atom is -0.481 e. The molecular formula is C17H25NO2S. The lowest BCUT2D eigenvalue weighted by atomic mass is 9.82. The third kappa shape index (κ3) is 3.32. The number of likely N-dealkylation sites (tertiary alicyclic amines) is 1. The summed E-state index contributed by atoms with van der Waals surface area (Å²) < 4.78 is 0. The molecule has 3 unspecified atom stereocenters. The number of hydrogen-bond acceptors (Lipinski definition) is 3. The van der Waals surface area contributed by atoms with E-state index in [1.165, 1.54) is 38.6 Å². The van der Waals surface area contributed by atoms with Gasteiger partial charge in [-0.25, -0.2) is 0 Å². The predicted molar refractivity (Wildman–Crippen MR) is 85.7 cm³/mol. The number of aliphatic carboxylic acids is 1. The molecule has 1 aromatic rings. The van der Waals surface area contributed by atoms with E-state index in [0.29, 0.717) is 18.4 Å². The Morgan fingerprint density at radius 1 is 1.48 bits per heavy atom. The van der Waals surface area contributed by atoms with Crippen LogP contribution in [0.2, 0.25) is 0 Å². The second kappa shape index (κ2) is 6.49. The number of rotatable bonds is 4. The maximum atomic E-state index is 11.0. The Morgan fingerprint density at radius 3 is 3.14 bits per heavy atom. The van der Waals surface area contributed by atoms with Gasteiger partial charge in [-0.1, -0.05) is 6.92 Å². The summed E-state index contributed by atoms with van der Waals surface area (Å²) in [6.07, 6.45) is 6.52. The Labute approximate surface area is 131 Å². The number of carboxylic acid groups (broad SMARTS) is 1. The van der Waals surface area contributed by atoms with E-state index in [0.717, 1.165) is 6.54 Å². The molecule has 3 rings (SSSR count). The Kier molecular flexibility index (Phi) is 4.65. The second-order valence-corrected chi connectivity index (χ2v) is 7.68. The van der Waals surface area contributed by atoms with E-state index < -0.39 is 5.97 Å². The zero-order valence-corrected chi connectivity index (χ0v) is 13.6. The molecule has 3 atom stereocenters. The van der Waals surface area contributed by atoms with Crippen LogP contribution in [0.3, 0.4) is 0 Å². The van der Waals surface area contributed by atoms with Gasteiger partial charge in [0, 0.05) is 23.9 Å². The summed E-state index contributed by atoms with van der Waals surface area (Å²) in [4.78, 5) is 15.2. The Balaban J connectivity index is 1.68. The maximum Gasteiger partial charge on any atom is 0.303 e. The van der Waals surface area contributed by atoms with Crippen LogP contribution in [0.1, 0.15) is 55.5 Å². The van der Waals surface area contributed by atoms with Gasteiger partial charge < -0.3 is 5.11 Å².